The molecule has 0 aliphatic carbocycles. The van der Waals surface area contributed by atoms with E-state index < -0.39 is 47.4 Å². The number of anilines is 2. The molecule has 1 heterocycles. The molecule has 0 bridgehead atoms. The summed E-state index contributed by atoms with van der Waals surface area (Å²) in [5.41, 5.74) is -0.0647. The summed E-state index contributed by atoms with van der Waals surface area (Å²) >= 11 is 6.08. The number of benzene rings is 2. The maximum atomic E-state index is 13.6. The fraction of sp³-hybridized carbons (Fsp3) is 0.211. The largest absolute Gasteiger partial charge is 0.347 e. The summed E-state index contributed by atoms with van der Waals surface area (Å²) in [7, 11) is 0. The van der Waals surface area contributed by atoms with Gasteiger partial charge in [0.05, 0.1) is 28.9 Å². The van der Waals surface area contributed by atoms with Crippen LogP contribution in [0.3, 0.4) is 0 Å². The number of nitrogens with zero attached hydrogens (tertiary/aromatic N) is 1. The number of nitrogens with one attached hydrogen (secondary N) is 2. The van der Waals surface area contributed by atoms with Crippen molar-refractivity contribution < 1.29 is 27.6 Å². The van der Waals surface area contributed by atoms with Crippen molar-refractivity contribution in [3.05, 3.63) is 58.9 Å². The number of amides is 3. The van der Waals surface area contributed by atoms with Crippen molar-refractivity contribution in [2.75, 3.05) is 23.3 Å². The fourth-order valence-electron chi connectivity index (χ4n) is 2.92. The number of hydrogen-bond acceptors (Lipinski definition) is 3. The van der Waals surface area contributed by atoms with Gasteiger partial charge in [-0.3, -0.25) is 14.4 Å². The predicted octanol–water partition coefficient (Wildman–Crippen LogP) is 2.87. The third kappa shape index (κ3) is 4.51. The van der Waals surface area contributed by atoms with Gasteiger partial charge >= 0.3 is 0 Å². The summed E-state index contributed by atoms with van der Waals surface area (Å²) in [5, 5.41) is 4.76. The van der Waals surface area contributed by atoms with Gasteiger partial charge in [0.1, 0.15) is 0 Å². The van der Waals surface area contributed by atoms with Gasteiger partial charge < -0.3 is 15.5 Å². The van der Waals surface area contributed by atoms with Crippen molar-refractivity contribution in [3.8, 4) is 0 Å². The first-order valence-electron chi connectivity index (χ1n) is 8.54. The van der Waals surface area contributed by atoms with Crippen LogP contribution in [-0.4, -0.2) is 30.8 Å². The Bertz CT molecular complexity index is 986. The average molecular weight is 426 g/mol. The number of rotatable bonds is 5. The highest BCUT2D eigenvalue weighted by molar-refractivity contribution is 6.33. The van der Waals surface area contributed by atoms with E-state index in [4.69, 9.17) is 11.6 Å². The molecule has 2 N–H and O–H groups in total. The van der Waals surface area contributed by atoms with Crippen LogP contribution in [0.25, 0.3) is 0 Å². The Kier molecular flexibility index (Phi) is 6.07. The van der Waals surface area contributed by atoms with E-state index in [1.165, 1.54) is 4.90 Å². The number of halogens is 4. The lowest BCUT2D eigenvalue weighted by atomic mass is 10.1. The van der Waals surface area contributed by atoms with Crippen molar-refractivity contribution in [1.29, 1.82) is 0 Å². The lowest BCUT2D eigenvalue weighted by molar-refractivity contribution is -0.127. The summed E-state index contributed by atoms with van der Waals surface area (Å²) in [5.74, 6) is -7.01. The first-order valence-corrected chi connectivity index (χ1v) is 8.91. The minimum atomic E-state index is -1.71. The molecule has 1 unspecified atom stereocenters. The highest BCUT2D eigenvalue weighted by atomic mass is 35.5. The molecule has 29 heavy (non-hydrogen) atoms. The number of para-hydroxylation sites is 1. The smallest absolute Gasteiger partial charge is 0.243 e. The summed E-state index contributed by atoms with van der Waals surface area (Å²) in [6.07, 6.45) is -0.0591. The van der Waals surface area contributed by atoms with Gasteiger partial charge in [-0.1, -0.05) is 23.7 Å². The van der Waals surface area contributed by atoms with Gasteiger partial charge in [0.25, 0.3) is 0 Å². The Hall–Kier alpha value is -3.07. The summed E-state index contributed by atoms with van der Waals surface area (Å²) in [6, 6.07) is 8.24. The second-order valence-corrected chi connectivity index (χ2v) is 6.75. The Morgan fingerprint density at radius 1 is 1.10 bits per heavy atom. The predicted molar refractivity (Wildman–Crippen MR) is 99.9 cm³/mol. The molecule has 0 spiro atoms. The molecule has 1 fully saturated rings. The molecule has 3 amide bonds. The topological polar surface area (TPSA) is 78.5 Å². The van der Waals surface area contributed by atoms with Gasteiger partial charge in [-0.25, -0.2) is 13.2 Å². The summed E-state index contributed by atoms with van der Waals surface area (Å²) < 4.78 is 39.7. The van der Waals surface area contributed by atoms with Crippen LogP contribution in [0.2, 0.25) is 5.02 Å². The molecule has 2 aromatic carbocycles. The SMILES string of the molecule is O=C(CNC(=O)C1CC(=O)N(c2ccccc2Cl)C1)Nc1ccc(F)c(F)c1F. The number of hydrogen-bond donors (Lipinski definition) is 2. The molecular weight excluding hydrogens is 411 g/mol. The maximum Gasteiger partial charge on any atom is 0.243 e. The number of carbonyl (C=O) groups excluding carboxylic acids is 3. The average Bonchev–Trinajstić information content (AvgIpc) is 3.08. The molecule has 0 radical (unpaired) electrons. The van der Waals surface area contributed by atoms with Crippen molar-refractivity contribution >= 4 is 40.7 Å². The van der Waals surface area contributed by atoms with Crippen LogP contribution in [0.1, 0.15) is 6.42 Å². The first kappa shape index (κ1) is 20.7. The minimum Gasteiger partial charge on any atom is -0.347 e. The van der Waals surface area contributed by atoms with Crippen LogP contribution in [-0.2, 0) is 14.4 Å². The van der Waals surface area contributed by atoms with Gasteiger partial charge in [-0.2, -0.15) is 0 Å². The van der Waals surface area contributed by atoms with Crippen molar-refractivity contribution in [2.24, 2.45) is 5.92 Å². The van der Waals surface area contributed by atoms with E-state index in [9.17, 15) is 27.6 Å². The van der Waals surface area contributed by atoms with E-state index in [-0.39, 0.29) is 18.9 Å². The zero-order chi connectivity index (χ0) is 21.1. The third-order valence-corrected chi connectivity index (χ3v) is 4.69. The van der Waals surface area contributed by atoms with Gasteiger partial charge in [-0.05, 0) is 24.3 Å². The van der Waals surface area contributed by atoms with E-state index in [1.54, 1.807) is 24.3 Å². The van der Waals surface area contributed by atoms with Crippen molar-refractivity contribution in [2.45, 2.75) is 6.42 Å². The minimum absolute atomic E-state index is 0.0591. The summed E-state index contributed by atoms with van der Waals surface area (Å²) in [4.78, 5) is 37.8. The lowest BCUT2D eigenvalue weighted by Gasteiger charge is -2.18. The first-order chi connectivity index (χ1) is 13.8. The molecule has 1 aliphatic rings. The van der Waals surface area contributed by atoms with Gasteiger partial charge in [0, 0.05) is 13.0 Å². The van der Waals surface area contributed by atoms with Gasteiger partial charge in [0.2, 0.25) is 17.7 Å². The van der Waals surface area contributed by atoms with Crippen LogP contribution < -0.4 is 15.5 Å². The standard InChI is InChI=1S/C19H15ClF3N3O3/c20-11-3-1-2-4-14(11)26-9-10(7-16(26)28)19(29)24-8-15(27)25-13-6-5-12(21)17(22)18(13)23/h1-6,10H,7-9H2,(H,24,29)(H,25,27). The normalized spacial score (nSPS) is 16.1. The maximum absolute atomic E-state index is 13.6. The molecule has 6 nitrogen and oxygen atoms in total. The van der Waals surface area contributed by atoms with E-state index in [0.717, 1.165) is 6.07 Å². The van der Waals surface area contributed by atoms with Crippen LogP contribution in [0.5, 0.6) is 0 Å². The van der Waals surface area contributed by atoms with E-state index in [1.807, 2.05) is 5.32 Å². The van der Waals surface area contributed by atoms with Crippen LogP contribution in [0, 0.1) is 23.4 Å². The molecule has 0 aromatic heterocycles. The molecule has 152 valence electrons. The van der Waals surface area contributed by atoms with Crippen LogP contribution in [0.15, 0.2) is 36.4 Å². The lowest BCUT2D eigenvalue weighted by Crippen LogP contribution is -2.38. The van der Waals surface area contributed by atoms with Crippen LogP contribution >= 0.6 is 11.6 Å². The summed E-state index contributed by atoms with van der Waals surface area (Å²) in [6.45, 7) is -0.443. The third-order valence-electron chi connectivity index (χ3n) is 4.37. The highest BCUT2D eigenvalue weighted by Gasteiger charge is 2.35. The highest BCUT2D eigenvalue weighted by Crippen LogP contribution is 2.31. The molecule has 10 heteroatoms. The van der Waals surface area contributed by atoms with E-state index in [0.29, 0.717) is 16.8 Å². The number of carbonyl (C=O) groups is 3. The Morgan fingerprint density at radius 3 is 2.55 bits per heavy atom. The van der Waals surface area contributed by atoms with Crippen molar-refractivity contribution in [3.63, 3.8) is 0 Å². The van der Waals surface area contributed by atoms with E-state index in [2.05, 4.69) is 5.32 Å². The van der Waals surface area contributed by atoms with Crippen molar-refractivity contribution in [1.82, 2.24) is 5.32 Å². The second kappa shape index (κ2) is 8.52. The monoisotopic (exact) mass is 425 g/mol. The zero-order valence-electron chi connectivity index (χ0n) is 14.8. The van der Waals surface area contributed by atoms with Crippen LogP contribution in [0.4, 0.5) is 24.5 Å². The molecular formula is C19H15ClF3N3O3. The molecule has 0 saturated carbocycles. The Morgan fingerprint density at radius 2 is 1.83 bits per heavy atom. The van der Waals surface area contributed by atoms with E-state index >= 15 is 0 Å². The zero-order valence-corrected chi connectivity index (χ0v) is 15.6. The second-order valence-electron chi connectivity index (χ2n) is 6.35. The molecule has 1 atom stereocenters. The molecule has 1 saturated heterocycles. The fourth-order valence-corrected chi connectivity index (χ4v) is 3.15. The molecule has 3 rings (SSSR count). The Balaban J connectivity index is 1.56. The Labute approximate surface area is 168 Å². The molecule has 2 aromatic rings. The van der Waals surface area contributed by atoms with Gasteiger partial charge in [-0.15, -0.1) is 0 Å². The van der Waals surface area contributed by atoms with Gasteiger partial charge in [0.15, 0.2) is 17.5 Å². The quantitative estimate of drug-likeness (QED) is 0.723. The molecule has 1 aliphatic heterocycles.